The molecule has 188 valence electrons. The number of benzene rings is 2. The van der Waals surface area contributed by atoms with Gasteiger partial charge in [0.05, 0.1) is 11.5 Å². The Bertz CT molecular complexity index is 1130. The fourth-order valence-electron chi connectivity index (χ4n) is 2.95. The van der Waals surface area contributed by atoms with Crippen LogP contribution in [0, 0.1) is 0 Å². The lowest BCUT2D eigenvalue weighted by atomic mass is 10.3. The van der Waals surface area contributed by atoms with Gasteiger partial charge in [-0.1, -0.05) is 45.6 Å². The molecule has 0 fully saturated rings. The first kappa shape index (κ1) is 27.5. The van der Waals surface area contributed by atoms with Gasteiger partial charge in [0.25, 0.3) is 0 Å². The highest BCUT2D eigenvalue weighted by atomic mass is 32.2. The Balaban J connectivity index is 1.90. The van der Waals surface area contributed by atoms with Crippen LogP contribution in [-0.4, -0.2) is 34.4 Å². The molecule has 2 rings (SSSR count). The summed E-state index contributed by atoms with van der Waals surface area (Å²) in [6.07, 6.45) is 4.48. The molecule has 34 heavy (non-hydrogen) atoms. The lowest BCUT2D eigenvalue weighted by Crippen LogP contribution is -2.19. The molecule has 0 bridgehead atoms. The summed E-state index contributed by atoms with van der Waals surface area (Å²) < 4.78 is 58.2. The number of amides is 2. The van der Waals surface area contributed by atoms with E-state index >= 15 is 0 Å². The van der Waals surface area contributed by atoms with Crippen molar-refractivity contribution in [2.75, 3.05) is 22.1 Å². The van der Waals surface area contributed by atoms with Gasteiger partial charge in [-0.15, -0.1) is 0 Å². The van der Waals surface area contributed by atoms with Crippen LogP contribution < -0.4 is 19.0 Å². The van der Waals surface area contributed by atoms with Gasteiger partial charge in [0.15, 0.2) is 0 Å². The number of carbonyl (C=O) groups excluding carboxylic acids is 1. The first-order chi connectivity index (χ1) is 16.1. The maximum atomic E-state index is 12.3. The zero-order chi connectivity index (χ0) is 25.0. The van der Waals surface area contributed by atoms with Crippen molar-refractivity contribution < 1.29 is 30.0 Å². The zero-order valence-corrected chi connectivity index (χ0v) is 21.1. The molecule has 0 radical (unpaired) electrons. The van der Waals surface area contributed by atoms with Crippen molar-refractivity contribution >= 4 is 37.6 Å². The van der Waals surface area contributed by atoms with Crippen molar-refractivity contribution in [3.63, 3.8) is 0 Å². The van der Waals surface area contributed by atoms with Gasteiger partial charge in [-0.3, -0.25) is 0 Å². The van der Waals surface area contributed by atoms with E-state index in [2.05, 4.69) is 10.6 Å². The highest BCUT2D eigenvalue weighted by Crippen LogP contribution is 2.21. The molecule has 0 unspecified atom stereocenters. The van der Waals surface area contributed by atoms with E-state index in [1.54, 1.807) is 12.1 Å². The van der Waals surface area contributed by atoms with Crippen molar-refractivity contribution in [2.24, 2.45) is 0 Å². The largest absolute Gasteiger partial charge is 0.382 e. The molecule has 0 aliphatic rings. The summed E-state index contributed by atoms with van der Waals surface area (Å²) in [5.41, 5.74) is 0.760. The molecule has 0 aliphatic carbocycles. The van der Waals surface area contributed by atoms with Gasteiger partial charge in [-0.05, 0) is 49.2 Å². The second kappa shape index (κ2) is 13.2. The standard InChI is InChI=1S/C23H32N2O7S2/c1-3-5-7-16-33(27,28)31-21-14-12-19(13-15-21)24-23(26)25-20-10-9-11-22(18-20)32-34(29,30)17-8-6-4-2/h9-15,18H,3-8,16-17H2,1-2H3,(H2,24,25,26). The number of anilines is 2. The first-order valence-corrected chi connectivity index (χ1v) is 14.4. The van der Waals surface area contributed by atoms with Crippen LogP contribution in [0.15, 0.2) is 48.5 Å². The fourth-order valence-corrected chi connectivity index (χ4v) is 5.03. The molecule has 2 aromatic carbocycles. The average molecular weight is 513 g/mol. The molecule has 0 saturated heterocycles. The van der Waals surface area contributed by atoms with E-state index < -0.39 is 26.3 Å². The van der Waals surface area contributed by atoms with Gasteiger partial charge in [0.1, 0.15) is 11.5 Å². The minimum Gasteiger partial charge on any atom is -0.382 e. The Kier molecular flexibility index (Phi) is 10.6. The molecular weight excluding hydrogens is 480 g/mol. The van der Waals surface area contributed by atoms with Crippen molar-refractivity contribution in [2.45, 2.75) is 52.4 Å². The molecule has 2 amide bonds. The molecule has 0 spiro atoms. The van der Waals surface area contributed by atoms with Gasteiger partial charge in [0, 0.05) is 17.4 Å². The predicted octanol–water partition coefficient (Wildman–Crippen LogP) is 5.13. The maximum Gasteiger partial charge on any atom is 0.323 e. The number of hydrogen-bond acceptors (Lipinski definition) is 7. The second-order valence-electron chi connectivity index (χ2n) is 7.74. The van der Waals surface area contributed by atoms with E-state index in [4.69, 9.17) is 8.37 Å². The van der Waals surface area contributed by atoms with Crippen LogP contribution in [0.4, 0.5) is 16.2 Å². The van der Waals surface area contributed by atoms with Gasteiger partial charge in [-0.25, -0.2) is 4.79 Å². The minimum atomic E-state index is -3.71. The average Bonchev–Trinajstić information content (AvgIpc) is 2.75. The third-order valence-electron chi connectivity index (χ3n) is 4.65. The van der Waals surface area contributed by atoms with Crippen LogP contribution in [0.3, 0.4) is 0 Å². The molecule has 0 saturated carbocycles. The predicted molar refractivity (Wildman–Crippen MR) is 133 cm³/mol. The number of carbonyl (C=O) groups is 1. The number of nitrogens with one attached hydrogen (secondary N) is 2. The summed E-state index contributed by atoms with van der Waals surface area (Å²) in [5.74, 6) is 0.147. The van der Waals surface area contributed by atoms with Gasteiger partial charge in [0.2, 0.25) is 0 Å². The smallest absolute Gasteiger partial charge is 0.323 e. The lowest BCUT2D eigenvalue weighted by molar-refractivity contribution is 0.262. The van der Waals surface area contributed by atoms with E-state index in [1.807, 2.05) is 13.8 Å². The molecule has 0 aliphatic heterocycles. The zero-order valence-electron chi connectivity index (χ0n) is 19.4. The summed E-state index contributed by atoms with van der Waals surface area (Å²) in [4.78, 5) is 12.3. The molecule has 0 heterocycles. The van der Waals surface area contributed by atoms with Crippen molar-refractivity contribution in [3.8, 4) is 11.5 Å². The molecule has 0 atom stereocenters. The summed E-state index contributed by atoms with van der Waals surface area (Å²) in [7, 11) is -7.37. The van der Waals surface area contributed by atoms with Gasteiger partial charge >= 0.3 is 26.3 Å². The van der Waals surface area contributed by atoms with E-state index in [9.17, 15) is 21.6 Å². The normalized spacial score (nSPS) is 11.6. The number of unbranched alkanes of at least 4 members (excludes halogenated alkanes) is 4. The Morgan fingerprint density at radius 2 is 1.24 bits per heavy atom. The third-order valence-corrected chi connectivity index (χ3v) is 7.12. The Morgan fingerprint density at radius 3 is 1.79 bits per heavy atom. The van der Waals surface area contributed by atoms with Crippen LogP contribution >= 0.6 is 0 Å². The van der Waals surface area contributed by atoms with E-state index in [0.29, 0.717) is 24.2 Å². The fraction of sp³-hybridized carbons (Fsp3) is 0.435. The topological polar surface area (TPSA) is 128 Å². The van der Waals surface area contributed by atoms with E-state index in [-0.39, 0.29) is 23.0 Å². The molecular formula is C23H32N2O7S2. The molecule has 11 heteroatoms. The highest BCUT2D eigenvalue weighted by Gasteiger charge is 2.14. The second-order valence-corrected chi connectivity index (χ2v) is 11.1. The lowest BCUT2D eigenvalue weighted by Gasteiger charge is -2.11. The van der Waals surface area contributed by atoms with Crippen molar-refractivity contribution in [1.82, 2.24) is 0 Å². The van der Waals surface area contributed by atoms with E-state index in [1.165, 1.54) is 36.4 Å². The third kappa shape index (κ3) is 10.4. The van der Waals surface area contributed by atoms with Crippen LogP contribution in [0.5, 0.6) is 11.5 Å². The molecule has 9 nitrogen and oxygen atoms in total. The Hall–Kier alpha value is -2.79. The number of rotatable bonds is 14. The summed E-state index contributed by atoms with van der Waals surface area (Å²) in [5, 5.41) is 5.21. The van der Waals surface area contributed by atoms with Gasteiger partial charge < -0.3 is 19.0 Å². The number of hydrogen-bond donors (Lipinski definition) is 2. The number of urea groups is 1. The van der Waals surface area contributed by atoms with Crippen molar-refractivity contribution in [3.05, 3.63) is 48.5 Å². The summed E-state index contributed by atoms with van der Waals surface area (Å²) in [6, 6.07) is 11.4. The molecule has 2 aromatic rings. The van der Waals surface area contributed by atoms with Crippen LogP contribution in [-0.2, 0) is 20.2 Å². The van der Waals surface area contributed by atoms with Gasteiger partial charge in [-0.2, -0.15) is 16.8 Å². The van der Waals surface area contributed by atoms with Crippen LogP contribution in [0.2, 0.25) is 0 Å². The Morgan fingerprint density at radius 1 is 0.706 bits per heavy atom. The maximum absolute atomic E-state index is 12.3. The molecule has 2 N–H and O–H groups in total. The summed E-state index contributed by atoms with van der Waals surface area (Å²) >= 11 is 0. The van der Waals surface area contributed by atoms with Crippen LogP contribution in [0.1, 0.15) is 52.4 Å². The molecule has 0 aromatic heterocycles. The minimum absolute atomic E-state index is 0.0495. The van der Waals surface area contributed by atoms with Crippen LogP contribution in [0.25, 0.3) is 0 Å². The monoisotopic (exact) mass is 512 g/mol. The Labute approximate surface area is 202 Å². The SMILES string of the molecule is CCCCCS(=O)(=O)Oc1ccc(NC(=O)Nc2cccc(OS(=O)(=O)CCCCC)c2)cc1. The first-order valence-electron chi connectivity index (χ1n) is 11.2. The quantitative estimate of drug-likeness (QED) is 0.265. The highest BCUT2D eigenvalue weighted by molar-refractivity contribution is 7.87. The van der Waals surface area contributed by atoms with Crippen molar-refractivity contribution in [1.29, 1.82) is 0 Å². The van der Waals surface area contributed by atoms with E-state index in [0.717, 1.165) is 25.7 Å². The summed E-state index contributed by atoms with van der Waals surface area (Å²) in [6.45, 7) is 3.97.